The van der Waals surface area contributed by atoms with Crippen LogP contribution in [-0.4, -0.2) is 31.8 Å². The van der Waals surface area contributed by atoms with Crippen LogP contribution in [-0.2, 0) is 14.3 Å². The van der Waals surface area contributed by atoms with Gasteiger partial charge in [-0.1, -0.05) is 0 Å². The van der Waals surface area contributed by atoms with Crippen molar-refractivity contribution in [2.75, 3.05) is 13.7 Å². The number of imide groups is 1. The van der Waals surface area contributed by atoms with Gasteiger partial charge in [0.05, 0.1) is 19.1 Å². The van der Waals surface area contributed by atoms with Crippen molar-refractivity contribution in [3.8, 4) is 6.07 Å². The minimum absolute atomic E-state index is 0.109. The molecule has 2 amide bonds. The van der Waals surface area contributed by atoms with Crippen LogP contribution in [0.3, 0.4) is 0 Å². The van der Waals surface area contributed by atoms with Crippen molar-refractivity contribution in [2.45, 2.75) is 19.4 Å². The SMILES string of the molecule is CCOC(=O)NC(=O)C(CC#N)OC. The second-order valence-electron chi connectivity index (χ2n) is 2.30. The molecule has 0 saturated carbocycles. The standard InChI is InChI=1S/C8H12N2O4/c1-3-14-8(12)10-7(11)6(13-2)4-5-9/h6H,3-4H2,1-2H3,(H,10,11,12). The van der Waals surface area contributed by atoms with E-state index in [0.29, 0.717) is 0 Å². The molecule has 1 atom stereocenters. The Kier molecular flexibility index (Phi) is 6.07. The van der Waals surface area contributed by atoms with Crippen molar-refractivity contribution < 1.29 is 19.1 Å². The summed E-state index contributed by atoms with van der Waals surface area (Å²) >= 11 is 0. The molecule has 0 aromatic rings. The number of nitrogens with one attached hydrogen (secondary N) is 1. The van der Waals surface area contributed by atoms with Gasteiger partial charge < -0.3 is 9.47 Å². The number of rotatable bonds is 4. The van der Waals surface area contributed by atoms with E-state index in [1.54, 1.807) is 13.0 Å². The predicted octanol–water partition coefficient (Wildman–Crippen LogP) is 0.188. The number of nitrogens with zero attached hydrogens (tertiary/aromatic N) is 1. The first-order valence-electron chi connectivity index (χ1n) is 4.03. The van der Waals surface area contributed by atoms with Gasteiger partial charge in [0.1, 0.15) is 6.10 Å². The van der Waals surface area contributed by atoms with Crippen LogP contribution in [0.15, 0.2) is 0 Å². The first-order valence-corrected chi connectivity index (χ1v) is 4.03. The molecule has 0 saturated heterocycles. The third kappa shape index (κ3) is 4.42. The van der Waals surface area contributed by atoms with E-state index in [1.165, 1.54) is 7.11 Å². The van der Waals surface area contributed by atoms with E-state index >= 15 is 0 Å². The zero-order chi connectivity index (χ0) is 11.0. The molecule has 0 spiro atoms. The van der Waals surface area contributed by atoms with Crippen LogP contribution in [0.2, 0.25) is 0 Å². The zero-order valence-electron chi connectivity index (χ0n) is 8.07. The number of carbonyl (C=O) groups is 2. The maximum atomic E-state index is 11.2. The van der Waals surface area contributed by atoms with Crippen LogP contribution in [0.1, 0.15) is 13.3 Å². The van der Waals surface area contributed by atoms with Crippen LogP contribution in [0, 0.1) is 11.3 Å². The first kappa shape index (κ1) is 12.4. The molecular formula is C8H12N2O4. The maximum absolute atomic E-state index is 11.2. The molecule has 78 valence electrons. The van der Waals surface area contributed by atoms with Crippen molar-refractivity contribution in [3.05, 3.63) is 0 Å². The van der Waals surface area contributed by atoms with Crippen LogP contribution >= 0.6 is 0 Å². The molecule has 14 heavy (non-hydrogen) atoms. The quantitative estimate of drug-likeness (QED) is 0.699. The molecule has 0 bridgehead atoms. The maximum Gasteiger partial charge on any atom is 0.413 e. The van der Waals surface area contributed by atoms with Gasteiger partial charge in [-0.05, 0) is 6.92 Å². The second-order valence-corrected chi connectivity index (χ2v) is 2.30. The Labute approximate surface area is 81.8 Å². The topological polar surface area (TPSA) is 88.4 Å². The molecule has 0 fully saturated rings. The Bertz CT molecular complexity index is 246. The average Bonchev–Trinajstić information content (AvgIpc) is 2.14. The van der Waals surface area contributed by atoms with Gasteiger partial charge in [0.2, 0.25) is 0 Å². The summed E-state index contributed by atoms with van der Waals surface area (Å²) in [6.45, 7) is 1.79. The van der Waals surface area contributed by atoms with Gasteiger partial charge in [0.15, 0.2) is 0 Å². The Morgan fingerprint density at radius 1 is 1.57 bits per heavy atom. The average molecular weight is 200 g/mol. The number of amides is 2. The van der Waals surface area contributed by atoms with Gasteiger partial charge >= 0.3 is 6.09 Å². The third-order valence-corrected chi connectivity index (χ3v) is 1.35. The Balaban J connectivity index is 4.05. The summed E-state index contributed by atoms with van der Waals surface area (Å²) < 4.78 is 9.17. The van der Waals surface area contributed by atoms with Crippen molar-refractivity contribution in [1.29, 1.82) is 5.26 Å². The van der Waals surface area contributed by atoms with Crippen LogP contribution < -0.4 is 5.32 Å². The minimum Gasteiger partial charge on any atom is -0.450 e. The Morgan fingerprint density at radius 2 is 2.21 bits per heavy atom. The molecule has 0 aliphatic carbocycles. The lowest BCUT2D eigenvalue weighted by Crippen LogP contribution is -2.39. The molecule has 1 N–H and O–H groups in total. The summed E-state index contributed by atoms with van der Waals surface area (Å²) in [4.78, 5) is 21.9. The highest BCUT2D eigenvalue weighted by Crippen LogP contribution is 1.95. The monoisotopic (exact) mass is 200 g/mol. The summed E-state index contributed by atoms with van der Waals surface area (Å²) in [5.41, 5.74) is 0. The number of hydrogen-bond donors (Lipinski definition) is 1. The van der Waals surface area contributed by atoms with Gasteiger partial charge in [0.25, 0.3) is 5.91 Å². The van der Waals surface area contributed by atoms with E-state index in [4.69, 9.17) is 5.26 Å². The van der Waals surface area contributed by atoms with Crippen molar-refractivity contribution in [2.24, 2.45) is 0 Å². The van der Waals surface area contributed by atoms with E-state index < -0.39 is 18.1 Å². The highest BCUT2D eigenvalue weighted by Gasteiger charge is 2.19. The van der Waals surface area contributed by atoms with Gasteiger partial charge in [-0.15, -0.1) is 0 Å². The van der Waals surface area contributed by atoms with E-state index in [0.717, 1.165) is 0 Å². The van der Waals surface area contributed by atoms with E-state index in [1.807, 2.05) is 5.32 Å². The number of nitriles is 1. The van der Waals surface area contributed by atoms with E-state index in [9.17, 15) is 9.59 Å². The summed E-state index contributed by atoms with van der Waals surface area (Å²) in [5.74, 6) is -0.674. The molecule has 0 aromatic carbocycles. The van der Waals surface area contributed by atoms with E-state index in [-0.39, 0.29) is 13.0 Å². The number of alkyl carbamates (subject to hydrolysis) is 1. The molecule has 0 aliphatic heterocycles. The molecule has 1 unspecified atom stereocenters. The smallest absolute Gasteiger partial charge is 0.413 e. The molecule has 0 heterocycles. The number of carbonyl (C=O) groups excluding carboxylic acids is 2. The van der Waals surface area contributed by atoms with Gasteiger partial charge in [0, 0.05) is 7.11 Å². The van der Waals surface area contributed by atoms with Crippen LogP contribution in [0.25, 0.3) is 0 Å². The fraction of sp³-hybridized carbons (Fsp3) is 0.625. The summed E-state index contributed by atoms with van der Waals surface area (Å²) in [7, 11) is 1.28. The van der Waals surface area contributed by atoms with Crippen molar-refractivity contribution >= 4 is 12.0 Å². The predicted molar refractivity (Wildman–Crippen MR) is 46.2 cm³/mol. The normalized spacial score (nSPS) is 11.2. The minimum atomic E-state index is -0.940. The Hall–Kier alpha value is -1.61. The lowest BCUT2D eigenvalue weighted by molar-refractivity contribution is -0.130. The molecule has 0 rings (SSSR count). The second kappa shape index (κ2) is 6.86. The van der Waals surface area contributed by atoms with Crippen LogP contribution in [0.4, 0.5) is 4.79 Å². The van der Waals surface area contributed by atoms with Gasteiger partial charge in [-0.2, -0.15) is 5.26 Å². The van der Waals surface area contributed by atoms with Crippen LogP contribution in [0.5, 0.6) is 0 Å². The lowest BCUT2D eigenvalue weighted by Gasteiger charge is -2.10. The van der Waals surface area contributed by atoms with Crippen molar-refractivity contribution in [1.82, 2.24) is 5.32 Å². The van der Waals surface area contributed by atoms with Gasteiger partial charge in [-0.3, -0.25) is 10.1 Å². The third-order valence-electron chi connectivity index (χ3n) is 1.35. The molecule has 0 aromatic heterocycles. The Morgan fingerprint density at radius 3 is 2.64 bits per heavy atom. The van der Waals surface area contributed by atoms with Crippen molar-refractivity contribution in [3.63, 3.8) is 0 Å². The fourth-order valence-corrected chi connectivity index (χ4v) is 0.714. The van der Waals surface area contributed by atoms with E-state index in [2.05, 4.69) is 9.47 Å². The summed E-state index contributed by atoms with van der Waals surface area (Å²) in [5, 5.41) is 10.3. The molecule has 0 radical (unpaired) electrons. The largest absolute Gasteiger partial charge is 0.450 e. The highest BCUT2D eigenvalue weighted by molar-refractivity contribution is 5.94. The van der Waals surface area contributed by atoms with Gasteiger partial charge in [-0.25, -0.2) is 4.79 Å². The fourth-order valence-electron chi connectivity index (χ4n) is 0.714. The number of ether oxygens (including phenoxy) is 2. The zero-order valence-corrected chi connectivity index (χ0v) is 8.07. The lowest BCUT2D eigenvalue weighted by atomic mass is 10.2. The molecule has 0 aliphatic rings. The summed E-state index contributed by atoms with van der Waals surface area (Å²) in [6.07, 6.45) is -1.89. The number of hydrogen-bond acceptors (Lipinski definition) is 5. The molecule has 6 nitrogen and oxygen atoms in total. The highest BCUT2D eigenvalue weighted by atomic mass is 16.5. The first-order chi connectivity index (χ1) is 6.65. The molecular weight excluding hydrogens is 188 g/mol. The number of methoxy groups -OCH3 is 1. The summed E-state index contributed by atoms with van der Waals surface area (Å²) in [6, 6.07) is 1.77. The molecule has 6 heteroatoms.